The van der Waals surface area contributed by atoms with Gasteiger partial charge in [-0.15, -0.1) is 0 Å². The first-order valence-corrected chi connectivity index (χ1v) is 10.2. The summed E-state index contributed by atoms with van der Waals surface area (Å²) in [5, 5.41) is 3.47. The normalized spacial score (nSPS) is 18.5. The average molecular weight is 343 g/mol. The van der Waals surface area contributed by atoms with Crippen molar-refractivity contribution in [2.75, 3.05) is 52.6 Å². The van der Waals surface area contributed by atoms with E-state index in [0.29, 0.717) is 4.75 Å². The molecule has 0 spiro atoms. The van der Waals surface area contributed by atoms with Gasteiger partial charge in [-0.3, -0.25) is 4.99 Å². The van der Waals surface area contributed by atoms with E-state index in [1.165, 1.54) is 44.4 Å². The highest BCUT2D eigenvalue weighted by molar-refractivity contribution is 8.00. The molecule has 1 rings (SSSR count). The standard InChI is InChI=1S/C18H38N4S/c1-6-19-17(22-14-15-23-18(2,3)16-22)20-12-10-8-7-9-11-13-21(4)5/h6-16H2,1-5H3,(H,19,20). The fourth-order valence-corrected chi connectivity index (χ4v) is 3.99. The van der Waals surface area contributed by atoms with Crippen LogP contribution in [0.15, 0.2) is 4.99 Å². The van der Waals surface area contributed by atoms with Crippen LogP contribution in [0.2, 0.25) is 0 Å². The minimum Gasteiger partial charge on any atom is -0.357 e. The van der Waals surface area contributed by atoms with Gasteiger partial charge in [-0.05, 0) is 54.3 Å². The minimum absolute atomic E-state index is 0.334. The Morgan fingerprint density at radius 3 is 2.52 bits per heavy atom. The van der Waals surface area contributed by atoms with Crippen LogP contribution >= 0.6 is 11.8 Å². The van der Waals surface area contributed by atoms with Gasteiger partial charge in [-0.1, -0.05) is 19.3 Å². The fourth-order valence-electron chi connectivity index (χ4n) is 2.88. The quantitative estimate of drug-likeness (QED) is 0.396. The zero-order valence-electron chi connectivity index (χ0n) is 16.0. The van der Waals surface area contributed by atoms with E-state index in [1.807, 2.05) is 0 Å². The molecule has 0 amide bonds. The molecule has 0 aliphatic carbocycles. The summed E-state index contributed by atoms with van der Waals surface area (Å²) in [7, 11) is 4.30. The Labute approximate surface area is 148 Å². The maximum absolute atomic E-state index is 4.86. The summed E-state index contributed by atoms with van der Waals surface area (Å²) < 4.78 is 0.334. The Hall–Kier alpha value is -0.420. The van der Waals surface area contributed by atoms with Crippen molar-refractivity contribution in [3.8, 4) is 0 Å². The van der Waals surface area contributed by atoms with Crippen molar-refractivity contribution in [2.24, 2.45) is 4.99 Å². The highest BCUT2D eigenvalue weighted by Crippen LogP contribution is 2.29. The van der Waals surface area contributed by atoms with Crippen LogP contribution in [-0.4, -0.2) is 73.1 Å². The van der Waals surface area contributed by atoms with Crippen molar-refractivity contribution in [3.05, 3.63) is 0 Å². The summed E-state index contributed by atoms with van der Waals surface area (Å²) in [5.41, 5.74) is 0. The average Bonchev–Trinajstić information content (AvgIpc) is 2.47. The van der Waals surface area contributed by atoms with Gasteiger partial charge in [0.05, 0.1) is 0 Å². The minimum atomic E-state index is 0.334. The van der Waals surface area contributed by atoms with Gasteiger partial charge in [0.15, 0.2) is 5.96 Å². The molecule has 4 nitrogen and oxygen atoms in total. The molecule has 5 heteroatoms. The molecular formula is C18H38N4S. The number of unbranched alkanes of at least 4 members (excludes halogenated alkanes) is 4. The number of hydrogen-bond acceptors (Lipinski definition) is 3. The Morgan fingerprint density at radius 2 is 1.87 bits per heavy atom. The van der Waals surface area contributed by atoms with Crippen molar-refractivity contribution in [1.29, 1.82) is 0 Å². The smallest absolute Gasteiger partial charge is 0.193 e. The molecule has 0 atom stereocenters. The van der Waals surface area contributed by atoms with E-state index in [4.69, 9.17) is 4.99 Å². The fraction of sp³-hybridized carbons (Fsp3) is 0.944. The Balaban J connectivity index is 2.27. The summed E-state index contributed by atoms with van der Waals surface area (Å²) in [6.07, 6.45) is 6.52. The van der Waals surface area contributed by atoms with E-state index in [1.54, 1.807) is 0 Å². The van der Waals surface area contributed by atoms with E-state index in [0.717, 1.165) is 32.1 Å². The molecule has 0 unspecified atom stereocenters. The van der Waals surface area contributed by atoms with E-state index in [9.17, 15) is 0 Å². The third kappa shape index (κ3) is 9.46. The molecule has 23 heavy (non-hydrogen) atoms. The molecule has 0 radical (unpaired) electrons. The summed E-state index contributed by atoms with van der Waals surface area (Å²) in [5.74, 6) is 2.32. The van der Waals surface area contributed by atoms with Gasteiger partial charge in [0, 0.05) is 36.7 Å². The molecular weight excluding hydrogens is 304 g/mol. The zero-order valence-corrected chi connectivity index (χ0v) is 16.8. The molecule has 1 fully saturated rings. The molecule has 1 N–H and O–H groups in total. The van der Waals surface area contributed by atoms with Gasteiger partial charge in [-0.25, -0.2) is 0 Å². The monoisotopic (exact) mass is 342 g/mol. The third-order valence-corrected chi connectivity index (χ3v) is 5.38. The van der Waals surface area contributed by atoms with Gasteiger partial charge >= 0.3 is 0 Å². The highest BCUT2D eigenvalue weighted by Gasteiger charge is 2.28. The maximum atomic E-state index is 4.86. The van der Waals surface area contributed by atoms with E-state index < -0.39 is 0 Å². The second kappa shape index (κ2) is 11.2. The number of nitrogens with one attached hydrogen (secondary N) is 1. The molecule has 0 bridgehead atoms. The Morgan fingerprint density at radius 1 is 1.17 bits per heavy atom. The van der Waals surface area contributed by atoms with Gasteiger partial charge in [0.25, 0.3) is 0 Å². The lowest BCUT2D eigenvalue weighted by Gasteiger charge is -2.39. The predicted octanol–water partition coefficient (Wildman–Crippen LogP) is 3.29. The highest BCUT2D eigenvalue weighted by atomic mass is 32.2. The summed E-state index contributed by atoms with van der Waals surface area (Å²) in [6.45, 7) is 12.2. The first kappa shape index (κ1) is 20.6. The lowest BCUT2D eigenvalue weighted by atomic mass is 10.1. The number of aliphatic imine (C=N–C) groups is 1. The second-order valence-corrected chi connectivity index (χ2v) is 9.14. The lowest BCUT2D eigenvalue weighted by molar-refractivity contribution is 0.375. The summed E-state index contributed by atoms with van der Waals surface area (Å²) >= 11 is 2.07. The number of nitrogens with zero attached hydrogens (tertiary/aromatic N) is 3. The number of rotatable bonds is 9. The first-order chi connectivity index (χ1) is 10.9. The van der Waals surface area contributed by atoms with Crippen LogP contribution in [0.5, 0.6) is 0 Å². The number of hydrogen-bond donors (Lipinski definition) is 1. The van der Waals surface area contributed by atoms with Crippen molar-refractivity contribution in [1.82, 2.24) is 15.1 Å². The van der Waals surface area contributed by atoms with Crippen LogP contribution in [0.3, 0.4) is 0 Å². The molecule has 1 aliphatic heterocycles. The summed E-state index contributed by atoms with van der Waals surface area (Å²) in [4.78, 5) is 9.57. The molecule has 0 aromatic heterocycles. The molecule has 0 saturated carbocycles. The molecule has 1 aliphatic rings. The van der Waals surface area contributed by atoms with Crippen LogP contribution < -0.4 is 5.32 Å². The van der Waals surface area contributed by atoms with E-state index >= 15 is 0 Å². The topological polar surface area (TPSA) is 30.9 Å². The second-order valence-electron chi connectivity index (χ2n) is 7.34. The maximum Gasteiger partial charge on any atom is 0.193 e. The molecule has 1 heterocycles. The van der Waals surface area contributed by atoms with Crippen molar-refractivity contribution in [2.45, 2.75) is 57.6 Å². The van der Waals surface area contributed by atoms with Crippen LogP contribution in [0.4, 0.5) is 0 Å². The zero-order chi connectivity index (χ0) is 17.1. The van der Waals surface area contributed by atoms with Gasteiger partial charge in [0.1, 0.15) is 0 Å². The van der Waals surface area contributed by atoms with Crippen LogP contribution in [0.25, 0.3) is 0 Å². The van der Waals surface area contributed by atoms with E-state index in [2.05, 4.69) is 61.7 Å². The number of thioether (sulfide) groups is 1. The molecule has 0 aromatic carbocycles. The van der Waals surface area contributed by atoms with Crippen LogP contribution in [-0.2, 0) is 0 Å². The largest absolute Gasteiger partial charge is 0.357 e. The molecule has 0 aromatic rings. The third-order valence-electron chi connectivity index (χ3n) is 4.09. The SMILES string of the molecule is CCNC(=NCCCCCCCN(C)C)N1CCSC(C)(C)C1. The van der Waals surface area contributed by atoms with Crippen molar-refractivity contribution in [3.63, 3.8) is 0 Å². The predicted molar refractivity (Wildman–Crippen MR) is 106 cm³/mol. The van der Waals surface area contributed by atoms with Gasteiger partial charge in [0.2, 0.25) is 0 Å². The first-order valence-electron chi connectivity index (χ1n) is 9.26. The van der Waals surface area contributed by atoms with Crippen molar-refractivity contribution >= 4 is 17.7 Å². The van der Waals surface area contributed by atoms with Crippen LogP contribution in [0, 0.1) is 0 Å². The Kier molecular flexibility index (Phi) is 10.0. The van der Waals surface area contributed by atoms with Crippen LogP contribution in [0.1, 0.15) is 52.9 Å². The van der Waals surface area contributed by atoms with Gasteiger partial charge < -0.3 is 15.1 Å². The molecule has 136 valence electrons. The Bertz CT molecular complexity index is 342. The summed E-state index contributed by atoms with van der Waals surface area (Å²) in [6, 6.07) is 0. The lowest BCUT2D eigenvalue weighted by Crippen LogP contribution is -2.51. The number of guanidine groups is 1. The van der Waals surface area contributed by atoms with Crippen molar-refractivity contribution < 1.29 is 0 Å². The molecule has 1 saturated heterocycles. The van der Waals surface area contributed by atoms with E-state index in [-0.39, 0.29) is 0 Å². The van der Waals surface area contributed by atoms with Gasteiger partial charge in [-0.2, -0.15) is 11.8 Å².